The lowest BCUT2D eigenvalue weighted by Gasteiger charge is -2.20. The van der Waals surface area contributed by atoms with Gasteiger partial charge in [-0.2, -0.15) is 5.10 Å². The summed E-state index contributed by atoms with van der Waals surface area (Å²) in [7, 11) is 1.79. The van der Waals surface area contributed by atoms with E-state index in [1.54, 1.807) is 17.9 Å². The third-order valence-corrected chi connectivity index (χ3v) is 4.30. The van der Waals surface area contributed by atoms with Gasteiger partial charge in [0.2, 0.25) is 5.91 Å². The fourth-order valence-corrected chi connectivity index (χ4v) is 3.04. The number of carbonyl (C=O) groups is 1. The summed E-state index contributed by atoms with van der Waals surface area (Å²) in [6, 6.07) is 7.64. The molecular formula is C19H24N6O2. The SMILES string of the molecule is CCOc1ccccc1C(CC)NC(=O)Cn1ncc2c(NC)ncnc21. The summed E-state index contributed by atoms with van der Waals surface area (Å²) in [5.41, 5.74) is 1.59. The van der Waals surface area contributed by atoms with Crippen LogP contribution in [0.3, 0.4) is 0 Å². The van der Waals surface area contributed by atoms with E-state index in [0.29, 0.717) is 18.1 Å². The van der Waals surface area contributed by atoms with E-state index >= 15 is 0 Å². The van der Waals surface area contributed by atoms with Crippen molar-refractivity contribution >= 4 is 22.8 Å². The minimum atomic E-state index is -0.136. The Hall–Kier alpha value is -3.16. The van der Waals surface area contributed by atoms with Gasteiger partial charge >= 0.3 is 0 Å². The molecule has 8 nitrogen and oxygen atoms in total. The Bertz CT molecular complexity index is 923. The maximum Gasteiger partial charge on any atom is 0.242 e. The molecule has 8 heteroatoms. The van der Waals surface area contributed by atoms with Crippen molar-refractivity contribution in [1.29, 1.82) is 0 Å². The Labute approximate surface area is 158 Å². The number of anilines is 1. The molecule has 3 rings (SSSR count). The molecule has 0 radical (unpaired) electrons. The predicted molar refractivity (Wildman–Crippen MR) is 104 cm³/mol. The highest BCUT2D eigenvalue weighted by Crippen LogP contribution is 2.27. The quantitative estimate of drug-likeness (QED) is 0.635. The zero-order chi connectivity index (χ0) is 19.2. The van der Waals surface area contributed by atoms with E-state index in [-0.39, 0.29) is 18.5 Å². The summed E-state index contributed by atoms with van der Waals surface area (Å²) in [6.07, 6.45) is 3.87. The lowest BCUT2D eigenvalue weighted by molar-refractivity contribution is -0.122. The monoisotopic (exact) mass is 368 g/mol. The Kier molecular flexibility index (Phi) is 5.85. The molecule has 0 saturated carbocycles. The van der Waals surface area contributed by atoms with E-state index in [2.05, 4.69) is 25.7 Å². The number of carbonyl (C=O) groups excluding carboxylic acids is 1. The number of nitrogens with zero attached hydrogens (tertiary/aromatic N) is 4. The topological polar surface area (TPSA) is 94.0 Å². The molecule has 2 aromatic heterocycles. The summed E-state index contributed by atoms with van der Waals surface area (Å²) >= 11 is 0. The third kappa shape index (κ3) is 3.99. The molecule has 0 saturated heterocycles. The highest BCUT2D eigenvalue weighted by molar-refractivity contribution is 5.87. The van der Waals surface area contributed by atoms with E-state index in [9.17, 15) is 4.79 Å². The van der Waals surface area contributed by atoms with Crippen LogP contribution >= 0.6 is 0 Å². The zero-order valence-electron chi connectivity index (χ0n) is 15.8. The van der Waals surface area contributed by atoms with Crippen LogP contribution in [0.1, 0.15) is 31.9 Å². The maximum atomic E-state index is 12.6. The van der Waals surface area contributed by atoms with Crippen LogP contribution in [0.15, 0.2) is 36.8 Å². The molecule has 1 amide bonds. The Morgan fingerprint density at radius 2 is 2.07 bits per heavy atom. The number of fused-ring (bicyclic) bond motifs is 1. The largest absolute Gasteiger partial charge is 0.494 e. The average Bonchev–Trinajstić information content (AvgIpc) is 3.10. The highest BCUT2D eigenvalue weighted by atomic mass is 16.5. The average molecular weight is 368 g/mol. The van der Waals surface area contributed by atoms with Crippen LogP contribution < -0.4 is 15.4 Å². The van der Waals surface area contributed by atoms with Crippen molar-refractivity contribution in [3.05, 3.63) is 42.4 Å². The zero-order valence-corrected chi connectivity index (χ0v) is 15.8. The smallest absolute Gasteiger partial charge is 0.242 e. The lowest BCUT2D eigenvalue weighted by Crippen LogP contribution is -2.32. The highest BCUT2D eigenvalue weighted by Gasteiger charge is 2.18. The van der Waals surface area contributed by atoms with Crippen molar-refractivity contribution in [2.24, 2.45) is 0 Å². The fraction of sp³-hybridized carbons (Fsp3) is 0.368. The molecule has 1 aromatic carbocycles. The first kappa shape index (κ1) is 18.6. The summed E-state index contributed by atoms with van der Waals surface area (Å²) in [5, 5.41) is 11.1. The van der Waals surface area contributed by atoms with Crippen molar-refractivity contribution in [2.45, 2.75) is 32.9 Å². The number of aromatic nitrogens is 4. The number of hydrogen-bond acceptors (Lipinski definition) is 6. The van der Waals surface area contributed by atoms with Crippen molar-refractivity contribution in [3.8, 4) is 5.75 Å². The van der Waals surface area contributed by atoms with Gasteiger partial charge in [0.1, 0.15) is 24.4 Å². The van der Waals surface area contributed by atoms with Crippen LogP contribution in [0, 0.1) is 0 Å². The van der Waals surface area contributed by atoms with Gasteiger partial charge in [0.05, 0.1) is 24.2 Å². The number of amides is 1. The summed E-state index contributed by atoms with van der Waals surface area (Å²) < 4.78 is 7.28. The molecule has 0 aliphatic carbocycles. The molecule has 0 bridgehead atoms. The Morgan fingerprint density at radius 3 is 2.81 bits per heavy atom. The number of nitrogens with one attached hydrogen (secondary N) is 2. The van der Waals surface area contributed by atoms with Gasteiger partial charge in [-0.3, -0.25) is 4.79 Å². The van der Waals surface area contributed by atoms with E-state index in [1.165, 1.54) is 6.33 Å². The molecule has 0 spiro atoms. The van der Waals surface area contributed by atoms with Crippen molar-refractivity contribution < 1.29 is 9.53 Å². The van der Waals surface area contributed by atoms with Crippen LogP contribution in [-0.4, -0.2) is 39.3 Å². The molecule has 2 N–H and O–H groups in total. The first-order chi connectivity index (χ1) is 13.2. The Morgan fingerprint density at radius 1 is 1.26 bits per heavy atom. The maximum absolute atomic E-state index is 12.6. The number of benzene rings is 1. The summed E-state index contributed by atoms with van der Waals surface area (Å²) in [6.45, 7) is 4.63. The second-order valence-corrected chi connectivity index (χ2v) is 6.01. The first-order valence-electron chi connectivity index (χ1n) is 9.03. The summed E-state index contributed by atoms with van der Waals surface area (Å²) in [4.78, 5) is 21.1. The van der Waals surface area contributed by atoms with E-state index in [0.717, 1.165) is 23.1 Å². The molecule has 1 unspecified atom stereocenters. The molecule has 1 atom stereocenters. The molecule has 27 heavy (non-hydrogen) atoms. The van der Waals surface area contributed by atoms with Gasteiger partial charge < -0.3 is 15.4 Å². The van der Waals surface area contributed by atoms with Gasteiger partial charge in [-0.1, -0.05) is 25.1 Å². The van der Waals surface area contributed by atoms with Gasteiger partial charge in [0.25, 0.3) is 0 Å². The number of rotatable bonds is 8. The van der Waals surface area contributed by atoms with Crippen LogP contribution in [0.2, 0.25) is 0 Å². The van der Waals surface area contributed by atoms with Crippen molar-refractivity contribution in [1.82, 2.24) is 25.1 Å². The van der Waals surface area contributed by atoms with E-state index in [1.807, 2.05) is 38.1 Å². The van der Waals surface area contributed by atoms with Gasteiger partial charge in [-0.15, -0.1) is 0 Å². The predicted octanol–water partition coefficient (Wildman–Crippen LogP) is 2.53. The van der Waals surface area contributed by atoms with E-state index in [4.69, 9.17) is 4.74 Å². The second kappa shape index (κ2) is 8.48. The number of ether oxygens (including phenoxy) is 1. The lowest BCUT2D eigenvalue weighted by atomic mass is 10.0. The fourth-order valence-electron chi connectivity index (χ4n) is 3.04. The van der Waals surface area contributed by atoms with Gasteiger partial charge in [-0.05, 0) is 19.4 Å². The van der Waals surface area contributed by atoms with Gasteiger partial charge in [0, 0.05) is 12.6 Å². The van der Waals surface area contributed by atoms with E-state index < -0.39 is 0 Å². The minimum Gasteiger partial charge on any atom is -0.494 e. The Balaban J connectivity index is 1.77. The van der Waals surface area contributed by atoms with Crippen LogP contribution in [0.25, 0.3) is 11.0 Å². The number of hydrogen-bond donors (Lipinski definition) is 2. The number of para-hydroxylation sites is 1. The van der Waals surface area contributed by atoms with Gasteiger partial charge in [0.15, 0.2) is 5.65 Å². The van der Waals surface area contributed by atoms with Crippen molar-refractivity contribution in [2.75, 3.05) is 19.0 Å². The molecule has 142 valence electrons. The van der Waals surface area contributed by atoms with Crippen LogP contribution in [-0.2, 0) is 11.3 Å². The molecule has 3 aromatic rings. The molecule has 0 fully saturated rings. The second-order valence-electron chi connectivity index (χ2n) is 6.01. The normalized spacial score (nSPS) is 12.0. The molecule has 2 heterocycles. The minimum absolute atomic E-state index is 0.0803. The molecular weight excluding hydrogens is 344 g/mol. The molecule has 0 aliphatic rings. The third-order valence-electron chi connectivity index (χ3n) is 4.30. The summed E-state index contributed by atoms with van der Waals surface area (Å²) in [5.74, 6) is 1.34. The van der Waals surface area contributed by atoms with Crippen LogP contribution in [0.5, 0.6) is 5.75 Å². The molecule has 0 aliphatic heterocycles. The van der Waals surface area contributed by atoms with Crippen LogP contribution in [0.4, 0.5) is 5.82 Å². The standard InChI is InChI=1S/C19H24N6O2/c1-4-15(13-8-6-7-9-16(13)27-5-2)24-17(26)11-25-19-14(10-23-25)18(20-3)21-12-22-19/h6-10,12,15H,4-5,11H2,1-3H3,(H,24,26)(H,20,21,22). The van der Waals surface area contributed by atoms with Crippen molar-refractivity contribution in [3.63, 3.8) is 0 Å². The first-order valence-corrected chi connectivity index (χ1v) is 9.03. The van der Waals surface area contributed by atoms with Gasteiger partial charge in [-0.25, -0.2) is 14.6 Å².